The summed E-state index contributed by atoms with van der Waals surface area (Å²) in [4.78, 5) is 11.4. The third-order valence-electron chi connectivity index (χ3n) is 5.42. The summed E-state index contributed by atoms with van der Waals surface area (Å²) >= 11 is 0. The first kappa shape index (κ1) is 25.6. The van der Waals surface area contributed by atoms with Gasteiger partial charge in [0.25, 0.3) is 0 Å². The minimum Gasteiger partial charge on any atom is -0.490 e. The van der Waals surface area contributed by atoms with Gasteiger partial charge in [0, 0.05) is 50.6 Å². The third-order valence-corrected chi connectivity index (χ3v) is 5.42. The molecule has 1 aliphatic rings. The zero-order chi connectivity index (χ0) is 23.0. The molecule has 0 saturated heterocycles. The Balaban J connectivity index is 0.00000324. The number of halogens is 1. The number of benzene rings is 2. The summed E-state index contributed by atoms with van der Waals surface area (Å²) in [5.41, 5.74) is 4.40. The predicted octanol–water partition coefficient (Wildman–Crippen LogP) is 4.99. The zero-order valence-corrected chi connectivity index (χ0v) is 22.2. The number of fused-ring (bicyclic) bond motifs is 1. The van der Waals surface area contributed by atoms with Gasteiger partial charge in [0.15, 0.2) is 17.5 Å². The van der Waals surface area contributed by atoms with Crippen LogP contribution in [-0.4, -0.2) is 38.3 Å². The van der Waals surface area contributed by atoms with E-state index in [0.717, 1.165) is 35.0 Å². The van der Waals surface area contributed by atoms with Crippen molar-refractivity contribution in [2.45, 2.75) is 26.4 Å². The summed E-state index contributed by atoms with van der Waals surface area (Å²) in [6.07, 6.45) is 2.68. The van der Waals surface area contributed by atoms with Crippen molar-refractivity contribution in [2.24, 2.45) is 4.99 Å². The Kier molecular flexibility index (Phi) is 9.38. The highest BCUT2D eigenvalue weighted by Crippen LogP contribution is 2.32. The quantitative estimate of drug-likeness (QED) is 0.246. The summed E-state index contributed by atoms with van der Waals surface area (Å²) in [6, 6.07) is 18.2. The van der Waals surface area contributed by atoms with E-state index >= 15 is 0 Å². The Labute approximate surface area is 218 Å². The number of aryl methyl sites for hydroxylation is 1. The van der Waals surface area contributed by atoms with Gasteiger partial charge in [-0.15, -0.1) is 24.0 Å². The topological polar surface area (TPSA) is 71.0 Å². The monoisotopic (exact) mass is 573 g/mol. The zero-order valence-electron chi connectivity index (χ0n) is 19.9. The molecule has 8 heteroatoms. The highest BCUT2D eigenvalue weighted by Gasteiger charge is 2.12. The fourth-order valence-electron chi connectivity index (χ4n) is 3.63. The fourth-order valence-corrected chi connectivity index (χ4v) is 3.63. The molecule has 1 aliphatic heterocycles. The number of ether oxygens (including phenoxy) is 2. The van der Waals surface area contributed by atoms with Crippen LogP contribution in [0.5, 0.6) is 11.5 Å². The van der Waals surface area contributed by atoms with Crippen LogP contribution in [0.25, 0.3) is 0 Å². The molecular formula is C26H32IN5O2. The van der Waals surface area contributed by atoms with E-state index < -0.39 is 0 Å². The second-order valence-corrected chi connectivity index (χ2v) is 8.16. The molecule has 1 aromatic heterocycles. The lowest BCUT2D eigenvalue weighted by Gasteiger charge is -2.17. The van der Waals surface area contributed by atoms with Gasteiger partial charge in [-0.25, -0.2) is 9.98 Å². The molecule has 0 fully saturated rings. The Bertz CT molecular complexity index is 1120. The minimum absolute atomic E-state index is 0. The van der Waals surface area contributed by atoms with Gasteiger partial charge in [0.2, 0.25) is 0 Å². The van der Waals surface area contributed by atoms with Crippen LogP contribution in [0.15, 0.2) is 65.8 Å². The van der Waals surface area contributed by atoms with E-state index in [0.29, 0.717) is 32.3 Å². The molecule has 0 saturated carbocycles. The average molecular weight is 573 g/mol. The first-order valence-electron chi connectivity index (χ1n) is 11.2. The van der Waals surface area contributed by atoms with Gasteiger partial charge >= 0.3 is 0 Å². The van der Waals surface area contributed by atoms with Crippen LogP contribution < -0.4 is 25.0 Å². The summed E-state index contributed by atoms with van der Waals surface area (Å²) < 4.78 is 11.6. The maximum absolute atomic E-state index is 5.85. The number of hydrogen-bond acceptors (Lipinski definition) is 5. The van der Waals surface area contributed by atoms with Crippen LogP contribution in [0.2, 0.25) is 0 Å². The first-order valence-corrected chi connectivity index (χ1v) is 11.2. The molecule has 0 unspecified atom stereocenters. The van der Waals surface area contributed by atoms with E-state index in [-0.39, 0.29) is 24.0 Å². The van der Waals surface area contributed by atoms with Gasteiger partial charge < -0.3 is 25.0 Å². The number of anilines is 2. The number of nitrogens with zero attached hydrogens (tertiary/aromatic N) is 3. The SMILES string of the molecule is Cc1ccccc1CNC(=NCc1cccnc1N(C)C)Nc1ccc2c(c1)OCCCO2.I. The number of aromatic nitrogens is 1. The molecule has 0 radical (unpaired) electrons. The van der Waals surface area contributed by atoms with Crippen LogP contribution in [0.3, 0.4) is 0 Å². The van der Waals surface area contributed by atoms with Crippen LogP contribution in [0.4, 0.5) is 11.5 Å². The number of pyridine rings is 1. The van der Waals surface area contributed by atoms with Crippen molar-refractivity contribution in [1.82, 2.24) is 10.3 Å². The van der Waals surface area contributed by atoms with E-state index in [1.807, 2.05) is 43.3 Å². The molecule has 0 amide bonds. The Morgan fingerprint density at radius 2 is 1.76 bits per heavy atom. The van der Waals surface area contributed by atoms with Crippen molar-refractivity contribution in [3.8, 4) is 11.5 Å². The predicted molar refractivity (Wildman–Crippen MR) is 149 cm³/mol. The molecule has 7 nitrogen and oxygen atoms in total. The number of guanidine groups is 1. The van der Waals surface area contributed by atoms with Crippen molar-refractivity contribution in [2.75, 3.05) is 37.5 Å². The molecule has 34 heavy (non-hydrogen) atoms. The highest BCUT2D eigenvalue weighted by atomic mass is 127. The van der Waals surface area contributed by atoms with Gasteiger partial charge in [-0.3, -0.25) is 0 Å². The summed E-state index contributed by atoms with van der Waals surface area (Å²) in [6.45, 7) is 4.59. The van der Waals surface area contributed by atoms with Gasteiger partial charge in [0.05, 0.1) is 19.8 Å². The molecule has 2 N–H and O–H groups in total. The standard InChI is InChI=1S/C26H31N5O2.HI/c1-19-8-4-5-9-20(19)17-28-26(29-18-21-10-6-13-27-25(21)31(2)3)30-22-11-12-23-24(16-22)33-15-7-14-32-23;/h4-6,8-13,16H,7,14-15,17-18H2,1-3H3,(H2,28,29,30);1H. The Morgan fingerprint density at radius 3 is 2.56 bits per heavy atom. The van der Waals surface area contributed by atoms with Crippen LogP contribution >= 0.6 is 24.0 Å². The minimum atomic E-state index is 0. The third kappa shape index (κ3) is 6.75. The Hall–Kier alpha value is -3.01. The lowest BCUT2D eigenvalue weighted by Crippen LogP contribution is -2.30. The summed E-state index contributed by atoms with van der Waals surface area (Å²) in [7, 11) is 3.98. The molecule has 0 atom stereocenters. The molecule has 0 spiro atoms. The van der Waals surface area contributed by atoms with Crippen molar-refractivity contribution >= 4 is 41.4 Å². The maximum atomic E-state index is 5.85. The van der Waals surface area contributed by atoms with Crippen molar-refractivity contribution < 1.29 is 9.47 Å². The highest BCUT2D eigenvalue weighted by molar-refractivity contribution is 14.0. The molecule has 180 valence electrons. The molecule has 0 aliphatic carbocycles. The van der Waals surface area contributed by atoms with E-state index in [2.05, 4.69) is 52.9 Å². The molecule has 2 aromatic carbocycles. The van der Waals surface area contributed by atoms with E-state index in [4.69, 9.17) is 14.5 Å². The van der Waals surface area contributed by atoms with Gasteiger partial charge in [0.1, 0.15) is 5.82 Å². The number of aliphatic imine (C=N–C) groups is 1. The molecular weight excluding hydrogens is 541 g/mol. The van der Waals surface area contributed by atoms with E-state index in [1.165, 1.54) is 11.1 Å². The van der Waals surface area contributed by atoms with E-state index in [9.17, 15) is 0 Å². The smallest absolute Gasteiger partial charge is 0.196 e. The van der Waals surface area contributed by atoms with Crippen molar-refractivity contribution in [1.29, 1.82) is 0 Å². The van der Waals surface area contributed by atoms with E-state index in [1.54, 1.807) is 6.20 Å². The van der Waals surface area contributed by atoms with Crippen LogP contribution in [0.1, 0.15) is 23.1 Å². The number of hydrogen-bond donors (Lipinski definition) is 2. The number of nitrogens with one attached hydrogen (secondary N) is 2. The lowest BCUT2D eigenvalue weighted by molar-refractivity contribution is 0.297. The average Bonchev–Trinajstić information content (AvgIpc) is 3.07. The molecule has 0 bridgehead atoms. The Morgan fingerprint density at radius 1 is 1.00 bits per heavy atom. The van der Waals surface area contributed by atoms with Gasteiger partial charge in [-0.05, 0) is 36.2 Å². The van der Waals surface area contributed by atoms with Crippen LogP contribution in [0, 0.1) is 6.92 Å². The van der Waals surface area contributed by atoms with Gasteiger partial charge in [-0.2, -0.15) is 0 Å². The van der Waals surface area contributed by atoms with Crippen molar-refractivity contribution in [3.63, 3.8) is 0 Å². The normalized spacial score (nSPS) is 12.9. The van der Waals surface area contributed by atoms with Crippen LogP contribution in [-0.2, 0) is 13.1 Å². The molecule has 2 heterocycles. The summed E-state index contributed by atoms with van der Waals surface area (Å²) in [5.74, 6) is 3.12. The maximum Gasteiger partial charge on any atom is 0.196 e. The number of rotatable bonds is 6. The fraction of sp³-hybridized carbons (Fsp3) is 0.308. The second-order valence-electron chi connectivity index (χ2n) is 8.16. The van der Waals surface area contributed by atoms with Crippen molar-refractivity contribution in [3.05, 3.63) is 77.5 Å². The van der Waals surface area contributed by atoms with Gasteiger partial charge in [-0.1, -0.05) is 30.3 Å². The first-order chi connectivity index (χ1) is 16.1. The molecule has 3 aromatic rings. The molecule has 4 rings (SSSR count). The lowest BCUT2D eigenvalue weighted by atomic mass is 10.1. The second kappa shape index (κ2) is 12.5. The largest absolute Gasteiger partial charge is 0.490 e. The summed E-state index contributed by atoms with van der Waals surface area (Å²) in [5, 5.41) is 6.90.